The molecular formula is C6H12N2O. The van der Waals surface area contributed by atoms with Gasteiger partial charge in [-0.1, -0.05) is 0 Å². The van der Waals surface area contributed by atoms with Gasteiger partial charge in [-0.05, 0) is 26.7 Å². The predicted molar refractivity (Wildman–Crippen MR) is 35.8 cm³/mol. The summed E-state index contributed by atoms with van der Waals surface area (Å²) in [5.74, 6) is 0. The molecule has 0 unspecified atom stereocenters. The van der Waals surface area contributed by atoms with E-state index in [1.807, 2.05) is 13.8 Å². The third-order valence-corrected chi connectivity index (χ3v) is 2.00. The van der Waals surface area contributed by atoms with Crippen LogP contribution in [0.2, 0.25) is 0 Å². The van der Waals surface area contributed by atoms with E-state index >= 15 is 0 Å². The van der Waals surface area contributed by atoms with Crippen molar-refractivity contribution in [1.29, 1.82) is 0 Å². The lowest BCUT2D eigenvalue weighted by Crippen LogP contribution is -2.26. The molecule has 3 nitrogen and oxygen atoms in total. The Labute approximate surface area is 55.0 Å². The molecule has 1 fully saturated rings. The Kier molecular flexibility index (Phi) is 1.69. The van der Waals surface area contributed by atoms with E-state index < -0.39 is 0 Å². The summed E-state index contributed by atoms with van der Waals surface area (Å²) in [5, 5.41) is 4.57. The van der Waals surface area contributed by atoms with Gasteiger partial charge in [-0.25, -0.2) is 0 Å². The Morgan fingerprint density at radius 2 is 1.78 bits per heavy atom. The summed E-state index contributed by atoms with van der Waals surface area (Å²) < 4.78 is 0. The van der Waals surface area contributed by atoms with Crippen molar-refractivity contribution in [1.82, 2.24) is 5.01 Å². The average Bonchev–Trinajstić information content (AvgIpc) is 2.12. The molecule has 1 aliphatic rings. The summed E-state index contributed by atoms with van der Waals surface area (Å²) in [6.45, 7) is 4.07. The van der Waals surface area contributed by atoms with Crippen LogP contribution in [0.3, 0.4) is 0 Å². The molecule has 1 heterocycles. The van der Waals surface area contributed by atoms with Gasteiger partial charge in [0.25, 0.3) is 0 Å². The van der Waals surface area contributed by atoms with Crippen LogP contribution in [0, 0.1) is 4.91 Å². The average molecular weight is 128 g/mol. The molecule has 1 rings (SSSR count). The van der Waals surface area contributed by atoms with E-state index in [-0.39, 0.29) is 0 Å². The Balaban J connectivity index is 2.54. The van der Waals surface area contributed by atoms with E-state index in [1.165, 1.54) is 0 Å². The molecular weight excluding hydrogens is 116 g/mol. The van der Waals surface area contributed by atoms with E-state index in [0.717, 1.165) is 12.8 Å². The molecule has 1 aliphatic heterocycles. The van der Waals surface area contributed by atoms with Gasteiger partial charge in [-0.2, -0.15) is 0 Å². The van der Waals surface area contributed by atoms with Gasteiger partial charge in [0.2, 0.25) is 0 Å². The molecule has 3 heteroatoms. The van der Waals surface area contributed by atoms with Crippen molar-refractivity contribution in [2.45, 2.75) is 38.8 Å². The highest BCUT2D eigenvalue weighted by Crippen LogP contribution is 2.22. The largest absolute Gasteiger partial charge is 0.255 e. The first-order valence-corrected chi connectivity index (χ1v) is 3.37. The maximum absolute atomic E-state index is 10.1. The van der Waals surface area contributed by atoms with Crippen LogP contribution in [0.4, 0.5) is 0 Å². The van der Waals surface area contributed by atoms with Crippen LogP contribution in [-0.2, 0) is 0 Å². The molecule has 0 bridgehead atoms. The van der Waals surface area contributed by atoms with Crippen molar-refractivity contribution in [2.75, 3.05) is 0 Å². The second kappa shape index (κ2) is 2.33. The van der Waals surface area contributed by atoms with Crippen LogP contribution in [0.1, 0.15) is 26.7 Å². The van der Waals surface area contributed by atoms with Gasteiger partial charge < -0.3 is 0 Å². The molecule has 0 saturated carbocycles. The maximum Gasteiger partial charge on any atom is 0.0529 e. The van der Waals surface area contributed by atoms with Crippen molar-refractivity contribution in [3.05, 3.63) is 4.91 Å². The molecule has 1 saturated heterocycles. The normalized spacial score (nSPS) is 35.1. The molecule has 0 aromatic rings. The highest BCUT2D eigenvalue weighted by molar-refractivity contribution is 4.78. The smallest absolute Gasteiger partial charge is 0.0529 e. The van der Waals surface area contributed by atoms with Crippen molar-refractivity contribution >= 4 is 0 Å². The molecule has 0 aliphatic carbocycles. The first-order chi connectivity index (χ1) is 4.25. The SMILES string of the molecule is C[C@@H]1CC[C@H](C)N1N=O. The molecule has 9 heavy (non-hydrogen) atoms. The second-order valence-electron chi connectivity index (χ2n) is 2.74. The molecule has 0 aromatic carbocycles. The van der Waals surface area contributed by atoms with E-state index in [2.05, 4.69) is 5.29 Å². The van der Waals surface area contributed by atoms with Gasteiger partial charge in [0.05, 0.1) is 5.29 Å². The summed E-state index contributed by atoms with van der Waals surface area (Å²) in [7, 11) is 0. The van der Waals surface area contributed by atoms with Crippen LogP contribution >= 0.6 is 0 Å². The number of hydrogen-bond donors (Lipinski definition) is 0. The lowest BCUT2D eigenvalue weighted by atomic mass is 10.2. The van der Waals surface area contributed by atoms with Crippen LogP contribution < -0.4 is 0 Å². The first kappa shape index (κ1) is 6.52. The fraction of sp³-hybridized carbons (Fsp3) is 1.00. The van der Waals surface area contributed by atoms with E-state index in [0.29, 0.717) is 12.1 Å². The monoisotopic (exact) mass is 128 g/mol. The predicted octanol–water partition coefficient (Wildman–Crippen LogP) is 1.54. The summed E-state index contributed by atoms with van der Waals surface area (Å²) in [5.41, 5.74) is 0. The standard InChI is InChI=1S/C6H12N2O/c1-5-3-4-6(2)8(5)7-9/h5-6H,3-4H2,1-2H3/t5-,6+. The molecule has 0 amide bonds. The zero-order valence-electron chi connectivity index (χ0n) is 5.87. The molecule has 0 spiro atoms. The minimum absolute atomic E-state index is 0.359. The van der Waals surface area contributed by atoms with Crippen LogP contribution in [0.5, 0.6) is 0 Å². The zero-order valence-corrected chi connectivity index (χ0v) is 5.87. The van der Waals surface area contributed by atoms with Crippen LogP contribution in [-0.4, -0.2) is 17.1 Å². The highest BCUT2D eigenvalue weighted by atomic mass is 16.3. The maximum atomic E-state index is 10.1. The third kappa shape index (κ3) is 1.04. The van der Waals surface area contributed by atoms with E-state index in [4.69, 9.17) is 0 Å². The van der Waals surface area contributed by atoms with Crippen molar-refractivity contribution < 1.29 is 0 Å². The fourth-order valence-electron chi connectivity index (χ4n) is 1.34. The number of hydrogen-bond acceptors (Lipinski definition) is 2. The van der Waals surface area contributed by atoms with E-state index in [9.17, 15) is 4.91 Å². The topological polar surface area (TPSA) is 32.7 Å². The second-order valence-corrected chi connectivity index (χ2v) is 2.74. The minimum Gasteiger partial charge on any atom is -0.255 e. The Bertz CT molecular complexity index is 106. The van der Waals surface area contributed by atoms with Gasteiger partial charge in [0.1, 0.15) is 0 Å². The Morgan fingerprint density at radius 1 is 1.33 bits per heavy atom. The molecule has 0 aromatic heterocycles. The van der Waals surface area contributed by atoms with Crippen LogP contribution in [0.15, 0.2) is 5.29 Å². The van der Waals surface area contributed by atoms with Crippen LogP contribution in [0.25, 0.3) is 0 Å². The highest BCUT2D eigenvalue weighted by Gasteiger charge is 2.26. The van der Waals surface area contributed by atoms with Gasteiger partial charge in [-0.15, -0.1) is 4.91 Å². The first-order valence-electron chi connectivity index (χ1n) is 3.37. The quantitative estimate of drug-likeness (QED) is 0.502. The van der Waals surface area contributed by atoms with Crippen molar-refractivity contribution in [2.24, 2.45) is 5.29 Å². The van der Waals surface area contributed by atoms with E-state index in [1.54, 1.807) is 5.01 Å². The molecule has 2 atom stereocenters. The molecule has 0 N–H and O–H groups in total. The van der Waals surface area contributed by atoms with Gasteiger partial charge in [0.15, 0.2) is 0 Å². The fourth-order valence-corrected chi connectivity index (χ4v) is 1.34. The molecule has 52 valence electrons. The molecule has 0 radical (unpaired) electrons. The lowest BCUT2D eigenvalue weighted by molar-refractivity contribution is 0.221. The lowest BCUT2D eigenvalue weighted by Gasteiger charge is -2.17. The Morgan fingerprint density at radius 3 is 2.00 bits per heavy atom. The van der Waals surface area contributed by atoms with Gasteiger partial charge in [0, 0.05) is 12.1 Å². The summed E-state index contributed by atoms with van der Waals surface area (Å²) in [6.07, 6.45) is 2.21. The number of nitrogens with zero attached hydrogens (tertiary/aromatic N) is 2. The van der Waals surface area contributed by atoms with Crippen molar-refractivity contribution in [3.8, 4) is 0 Å². The summed E-state index contributed by atoms with van der Waals surface area (Å²) in [4.78, 5) is 10.1. The zero-order chi connectivity index (χ0) is 6.85. The Hall–Kier alpha value is -0.600. The van der Waals surface area contributed by atoms with Crippen molar-refractivity contribution in [3.63, 3.8) is 0 Å². The van der Waals surface area contributed by atoms with Gasteiger partial charge in [-0.3, -0.25) is 5.01 Å². The number of nitroso groups, excluding NO2 is 1. The third-order valence-electron chi connectivity index (χ3n) is 2.00. The van der Waals surface area contributed by atoms with Gasteiger partial charge >= 0.3 is 0 Å². The minimum atomic E-state index is 0.359. The number of rotatable bonds is 1. The summed E-state index contributed by atoms with van der Waals surface area (Å²) in [6, 6.07) is 0.718. The summed E-state index contributed by atoms with van der Waals surface area (Å²) >= 11 is 0.